The van der Waals surface area contributed by atoms with Crippen LogP contribution in [0.5, 0.6) is 0 Å². The zero-order valence-corrected chi connectivity index (χ0v) is 10.9. The van der Waals surface area contributed by atoms with E-state index >= 15 is 0 Å². The molecule has 0 aromatic heterocycles. The summed E-state index contributed by atoms with van der Waals surface area (Å²) >= 11 is 0. The summed E-state index contributed by atoms with van der Waals surface area (Å²) in [6.07, 6.45) is 3.50. The highest BCUT2D eigenvalue weighted by Crippen LogP contribution is 2.16. The van der Waals surface area contributed by atoms with Gasteiger partial charge in [0.05, 0.1) is 6.54 Å². The van der Waals surface area contributed by atoms with Crippen molar-refractivity contribution in [3.05, 3.63) is 23.8 Å². The van der Waals surface area contributed by atoms with Crippen molar-refractivity contribution in [1.82, 2.24) is 4.90 Å². The van der Waals surface area contributed by atoms with E-state index in [2.05, 4.69) is 5.32 Å². The highest BCUT2D eigenvalue weighted by atomic mass is 16.2. The molecule has 1 saturated heterocycles. The number of aryl methyl sites for hydroxylation is 1. The van der Waals surface area contributed by atoms with Crippen LogP contribution in [0.15, 0.2) is 18.2 Å². The third kappa shape index (κ3) is 3.39. The quantitative estimate of drug-likeness (QED) is 0.803. The fourth-order valence-electron chi connectivity index (χ4n) is 2.35. The van der Waals surface area contributed by atoms with E-state index in [0.717, 1.165) is 42.9 Å². The number of carbonyl (C=O) groups is 1. The normalized spacial score (nSPS) is 15.5. The number of hydrogen-bond donors (Lipinski definition) is 2. The molecule has 0 bridgehead atoms. The molecule has 18 heavy (non-hydrogen) atoms. The predicted molar refractivity (Wildman–Crippen MR) is 74.5 cm³/mol. The molecule has 4 heteroatoms. The van der Waals surface area contributed by atoms with E-state index in [-0.39, 0.29) is 5.91 Å². The topological polar surface area (TPSA) is 58.4 Å². The van der Waals surface area contributed by atoms with Gasteiger partial charge in [0.15, 0.2) is 0 Å². The van der Waals surface area contributed by atoms with Crippen molar-refractivity contribution >= 4 is 17.3 Å². The maximum Gasteiger partial charge on any atom is 0.241 e. The van der Waals surface area contributed by atoms with Gasteiger partial charge in [-0.05, 0) is 49.9 Å². The highest BCUT2D eigenvalue weighted by molar-refractivity contribution is 5.81. The molecule has 1 aromatic carbocycles. The molecular weight excluding hydrogens is 226 g/mol. The van der Waals surface area contributed by atoms with E-state index in [1.54, 1.807) is 0 Å². The minimum absolute atomic E-state index is 0.176. The SMILES string of the molecule is Cc1cc(N)cc(NCC(=O)N2CCCCC2)c1. The number of nitrogens with one attached hydrogen (secondary N) is 1. The van der Waals surface area contributed by atoms with Gasteiger partial charge in [-0.2, -0.15) is 0 Å². The van der Waals surface area contributed by atoms with Crippen LogP contribution < -0.4 is 11.1 Å². The van der Waals surface area contributed by atoms with Crippen molar-refractivity contribution in [1.29, 1.82) is 0 Å². The number of nitrogens with two attached hydrogens (primary N) is 1. The lowest BCUT2D eigenvalue weighted by atomic mass is 10.1. The Bertz CT molecular complexity index is 405. The third-order valence-electron chi connectivity index (χ3n) is 3.25. The first-order chi connectivity index (χ1) is 8.65. The monoisotopic (exact) mass is 247 g/mol. The van der Waals surface area contributed by atoms with Crippen LogP contribution in [0.25, 0.3) is 0 Å². The van der Waals surface area contributed by atoms with Crippen molar-refractivity contribution in [3.8, 4) is 0 Å². The molecule has 0 atom stereocenters. The zero-order chi connectivity index (χ0) is 13.0. The highest BCUT2D eigenvalue weighted by Gasteiger charge is 2.15. The number of likely N-dealkylation sites (tertiary alicyclic amines) is 1. The summed E-state index contributed by atoms with van der Waals surface area (Å²) in [4.78, 5) is 13.9. The number of carbonyl (C=O) groups excluding carboxylic acids is 1. The van der Waals surface area contributed by atoms with Crippen LogP contribution in [-0.2, 0) is 4.79 Å². The van der Waals surface area contributed by atoms with Crippen molar-refractivity contribution in [3.63, 3.8) is 0 Å². The molecule has 1 heterocycles. The molecule has 3 N–H and O–H groups in total. The lowest BCUT2D eigenvalue weighted by Crippen LogP contribution is -2.39. The fourth-order valence-corrected chi connectivity index (χ4v) is 2.35. The molecule has 1 aliphatic rings. The van der Waals surface area contributed by atoms with E-state index in [1.165, 1.54) is 6.42 Å². The molecule has 1 aromatic rings. The van der Waals surface area contributed by atoms with Gasteiger partial charge >= 0.3 is 0 Å². The van der Waals surface area contributed by atoms with Crippen LogP contribution >= 0.6 is 0 Å². The van der Waals surface area contributed by atoms with Crippen molar-refractivity contribution in [2.45, 2.75) is 26.2 Å². The van der Waals surface area contributed by atoms with E-state index in [1.807, 2.05) is 30.0 Å². The maximum absolute atomic E-state index is 12.0. The molecule has 98 valence electrons. The zero-order valence-electron chi connectivity index (χ0n) is 10.9. The third-order valence-corrected chi connectivity index (χ3v) is 3.25. The Morgan fingerprint density at radius 2 is 2.00 bits per heavy atom. The Labute approximate surface area is 108 Å². The number of nitrogen functional groups attached to an aromatic ring is 1. The summed E-state index contributed by atoms with van der Waals surface area (Å²) in [5.74, 6) is 0.176. The van der Waals surface area contributed by atoms with Crippen LogP contribution in [0.2, 0.25) is 0 Å². The van der Waals surface area contributed by atoms with Crippen LogP contribution in [-0.4, -0.2) is 30.4 Å². The standard InChI is InChI=1S/C14H21N3O/c1-11-7-12(15)9-13(8-11)16-10-14(18)17-5-3-2-4-6-17/h7-9,16H,2-6,10,15H2,1H3. The maximum atomic E-state index is 12.0. The smallest absolute Gasteiger partial charge is 0.241 e. The number of hydrogen-bond acceptors (Lipinski definition) is 3. The molecule has 0 unspecified atom stereocenters. The first kappa shape index (κ1) is 12.7. The lowest BCUT2D eigenvalue weighted by molar-refractivity contribution is -0.130. The Morgan fingerprint density at radius 1 is 1.28 bits per heavy atom. The predicted octanol–water partition coefficient (Wildman–Crippen LogP) is 2.00. The first-order valence-electron chi connectivity index (χ1n) is 6.54. The summed E-state index contributed by atoms with van der Waals surface area (Å²) in [5, 5.41) is 3.15. The molecule has 0 spiro atoms. The Kier molecular flexibility index (Phi) is 4.07. The minimum atomic E-state index is 0.176. The van der Waals surface area contributed by atoms with Crippen LogP contribution in [0, 0.1) is 6.92 Å². The number of amides is 1. The van der Waals surface area contributed by atoms with Crippen LogP contribution in [0.3, 0.4) is 0 Å². The molecule has 2 rings (SSSR count). The lowest BCUT2D eigenvalue weighted by Gasteiger charge is -2.27. The van der Waals surface area contributed by atoms with E-state index in [0.29, 0.717) is 6.54 Å². The number of benzene rings is 1. The second kappa shape index (κ2) is 5.76. The number of rotatable bonds is 3. The molecule has 0 radical (unpaired) electrons. The van der Waals surface area contributed by atoms with Gasteiger partial charge < -0.3 is 16.0 Å². The Morgan fingerprint density at radius 3 is 2.67 bits per heavy atom. The number of piperidine rings is 1. The van der Waals surface area contributed by atoms with Gasteiger partial charge in [-0.15, -0.1) is 0 Å². The summed E-state index contributed by atoms with van der Waals surface area (Å²) in [6, 6.07) is 5.77. The van der Waals surface area contributed by atoms with Gasteiger partial charge in [-0.3, -0.25) is 4.79 Å². The van der Waals surface area contributed by atoms with Crippen molar-refractivity contribution < 1.29 is 4.79 Å². The van der Waals surface area contributed by atoms with E-state index < -0.39 is 0 Å². The Hall–Kier alpha value is -1.71. The molecule has 1 amide bonds. The molecule has 0 saturated carbocycles. The van der Waals surface area contributed by atoms with Gasteiger partial charge in [0.2, 0.25) is 5.91 Å². The van der Waals surface area contributed by atoms with E-state index in [9.17, 15) is 4.79 Å². The second-order valence-electron chi connectivity index (χ2n) is 4.93. The average molecular weight is 247 g/mol. The Balaban J connectivity index is 1.88. The molecular formula is C14H21N3O. The molecule has 0 aliphatic carbocycles. The number of anilines is 2. The van der Waals surface area contributed by atoms with Gasteiger partial charge in [0.25, 0.3) is 0 Å². The minimum Gasteiger partial charge on any atom is -0.399 e. The largest absolute Gasteiger partial charge is 0.399 e. The molecule has 1 aliphatic heterocycles. The fraction of sp³-hybridized carbons (Fsp3) is 0.500. The molecule has 4 nitrogen and oxygen atoms in total. The van der Waals surface area contributed by atoms with Gasteiger partial charge in [0, 0.05) is 24.5 Å². The molecule has 1 fully saturated rings. The second-order valence-corrected chi connectivity index (χ2v) is 4.93. The van der Waals surface area contributed by atoms with E-state index in [4.69, 9.17) is 5.73 Å². The van der Waals surface area contributed by atoms with Crippen LogP contribution in [0.4, 0.5) is 11.4 Å². The van der Waals surface area contributed by atoms with Crippen LogP contribution in [0.1, 0.15) is 24.8 Å². The van der Waals surface area contributed by atoms with Gasteiger partial charge in [-0.1, -0.05) is 0 Å². The average Bonchev–Trinajstić information content (AvgIpc) is 2.36. The summed E-state index contributed by atoms with van der Waals surface area (Å²) in [6.45, 7) is 4.14. The summed E-state index contributed by atoms with van der Waals surface area (Å²) < 4.78 is 0. The summed E-state index contributed by atoms with van der Waals surface area (Å²) in [7, 11) is 0. The summed E-state index contributed by atoms with van der Waals surface area (Å²) in [5.41, 5.74) is 8.51. The van der Waals surface area contributed by atoms with Gasteiger partial charge in [-0.25, -0.2) is 0 Å². The van der Waals surface area contributed by atoms with Crippen molar-refractivity contribution in [2.24, 2.45) is 0 Å². The van der Waals surface area contributed by atoms with Gasteiger partial charge in [0.1, 0.15) is 0 Å². The first-order valence-corrected chi connectivity index (χ1v) is 6.54. The number of nitrogens with zero attached hydrogens (tertiary/aromatic N) is 1. The van der Waals surface area contributed by atoms with Crippen molar-refractivity contribution in [2.75, 3.05) is 30.7 Å².